The predicted molar refractivity (Wildman–Crippen MR) is 249 cm³/mol. The number of allylic oxidation sites excluding steroid dienone is 6. The molecule has 2 atom stereocenters. The first-order chi connectivity index (χ1) is 28.8. The number of phosphoric acid groups is 1. The minimum Gasteiger partial charge on any atom is -0.462 e. The van der Waals surface area contributed by atoms with Crippen LogP contribution < -0.4 is 0 Å². The van der Waals surface area contributed by atoms with Gasteiger partial charge in [-0.25, -0.2) is 4.57 Å². The fraction of sp³-hybridized carbons (Fsp3) is 0.840. The summed E-state index contributed by atoms with van der Waals surface area (Å²) >= 11 is 0. The van der Waals surface area contributed by atoms with Crippen molar-refractivity contribution in [1.82, 2.24) is 0 Å². The zero-order valence-electron chi connectivity index (χ0n) is 38.7. The third-order valence-electron chi connectivity index (χ3n) is 10.7. The molecule has 0 radical (unpaired) electrons. The molecular formula is C50H93O8P. The molecule has 0 aliphatic rings. The van der Waals surface area contributed by atoms with Crippen LogP contribution in [0.1, 0.15) is 245 Å². The van der Waals surface area contributed by atoms with E-state index in [1.807, 2.05) is 0 Å². The van der Waals surface area contributed by atoms with Crippen LogP contribution in [0.2, 0.25) is 0 Å². The standard InChI is InChI=1S/C50H93O8P/c1-4-7-9-11-13-15-17-19-21-23-25-26-27-29-30-32-34-36-38-40-42-44-49(51)55-46-48(47-57-59(53,54)56-6-3)58-50(52)45-43-41-39-37-35-33-31-28-24-22-20-18-16-14-12-10-8-5-2/h16,18,22-25,48H,4-15,17,19-21,26-47H2,1-3H3,(H,53,54)/b18-16-,24-22-,25-23-. The van der Waals surface area contributed by atoms with Crippen molar-refractivity contribution in [2.75, 3.05) is 19.8 Å². The van der Waals surface area contributed by atoms with Crippen molar-refractivity contribution in [1.29, 1.82) is 0 Å². The first kappa shape index (κ1) is 57.3. The fourth-order valence-electron chi connectivity index (χ4n) is 7.01. The lowest BCUT2D eigenvalue weighted by Crippen LogP contribution is -2.29. The lowest BCUT2D eigenvalue weighted by Gasteiger charge is -2.19. The van der Waals surface area contributed by atoms with E-state index in [4.69, 9.17) is 18.5 Å². The van der Waals surface area contributed by atoms with Crippen LogP contribution in [0.4, 0.5) is 0 Å². The molecule has 0 amide bonds. The van der Waals surface area contributed by atoms with Gasteiger partial charge in [0.2, 0.25) is 0 Å². The van der Waals surface area contributed by atoms with Crippen LogP contribution in [-0.2, 0) is 32.7 Å². The maximum atomic E-state index is 12.6. The van der Waals surface area contributed by atoms with E-state index in [2.05, 4.69) is 50.3 Å². The molecule has 59 heavy (non-hydrogen) atoms. The summed E-state index contributed by atoms with van der Waals surface area (Å²) in [6, 6.07) is 0. The van der Waals surface area contributed by atoms with Crippen LogP contribution in [0.25, 0.3) is 0 Å². The molecule has 8 nitrogen and oxygen atoms in total. The summed E-state index contributed by atoms with van der Waals surface area (Å²) in [4.78, 5) is 34.9. The minimum absolute atomic E-state index is 0.00123. The molecule has 0 saturated heterocycles. The van der Waals surface area contributed by atoms with Gasteiger partial charge in [0.25, 0.3) is 0 Å². The second-order valence-corrected chi connectivity index (χ2v) is 17.9. The summed E-state index contributed by atoms with van der Waals surface area (Å²) in [5.41, 5.74) is 0. The van der Waals surface area contributed by atoms with Crippen molar-refractivity contribution < 1.29 is 37.6 Å². The van der Waals surface area contributed by atoms with Crippen LogP contribution in [0, 0.1) is 0 Å². The Kier molecular flexibility index (Phi) is 44.4. The quantitative estimate of drug-likeness (QED) is 0.0279. The predicted octanol–water partition coefficient (Wildman–Crippen LogP) is 16.0. The monoisotopic (exact) mass is 853 g/mol. The highest BCUT2D eigenvalue weighted by molar-refractivity contribution is 7.47. The lowest BCUT2D eigenvalue weighted by molar-refractivity contribution is -0.161. The topological polar surface area (TPSA) is 108 Å². The van der Waals surface area contributed by atoms with Gasteiger partial charge in [-0.3, -0.25) is 18.6 Å². The fourth-order valence-corrected chi connectivity index (χ4v) is 7.76. The Balaban J connectivity index is 4.00. The average Bonchev–Trinajstić information content (AvgIpc) is 3.22. The number of unbranched alkanes of at least 4 members (excludes halogenated alkanes) is 28. The van der Waals surface area contributed by atoms with E-state index in [-0.39, 0.29) is 25.6 Å². The van der Waals surface area contributed by atoms with E-state index >= 15 is 0 Å². The molecule has 346 valence electrons. The maximum Gasteiger partial charge on any atom is 0.472 e. The van der Waals surface area contributed by atoms with Crippen LogP contribution in [0.15, 0.2) is 36.5 Å². The van der Waals surface area contributed by atoms with Gasteiger partial charge in [0.05, 0.1) is 13.2 Å². The largest absolute Gasteiger partial charge is 0.472 e. The van der Waals surface area contributed by atoms with Gasteiger partial charge in [-0.05, 0) is 77.6 Å². The Labute approximate surface area is 364 Å². The molecule has 2 unspecified atom stereocenters. The molecule has 0 aromatic rings. The van der Waals surface area contributed by atoms with Crippen molar-refractivity contribution in [3.05, 3.63) is 36.5 Å². The van der Waals surface area contributed by atoms with E-state index in [0.717, 1.165) is 51.4 Å². The van der Waals surface area contributed by atoms with Crippen LogP contribution >= 0.6 is 7.82 Å². The van der Waals surface area contributed by atoms with Crippen molar-refractivity contribution in [2.45, 2.75) is 252 Å². The molecule has 1 N–H and O–H groups in total. The van der Waals surface area contributed by atoms with E-state index in [1.165, 1.54) is 154 Å². The Morgan fingerprint density at radius 1 is 0.458 bits per heavy atom. The molecule has 0 aromatic heterocycles. The number of carbonyl (C=O) groups excluding carboxylic acids is 2. The van der Waals surface area contributed by atoms with E-state index in [0.29, 0.717) is 12.8 Å². The van der Waals surface area contributed by atoms with E-state index in [1.54, 1.807) is 6.92 Å². The summed E-state index contributed by atoms with van der Waals surface area (Å²) in [6.45, 7) is 5.48. The van der Waals surface area contributed by atoms with Crippen LogP contribution in [0.5, 0.6) is 0 Å². The maximum absolute atomic E-state index is 12.6. The van der Waals surface area contributed by atoms with Gasteiger partial charge >= 0.3 is 19.8 Å². The van der Waals surface area contributed by atoms with Crippen LogP contribution in [-0.4, -0.2) is 42.8 Å². The van der Waals surface area contributed by atoms with Gasteiger partial charge < -0.3 is 14.4 Å². The summed E-state index contributed by atoms with van der Waals surface area (Å²) in [5.74, 6) is -0.801. The van der Waals surface area contributed by atoms with Gasteiger partial charge in [0.15, 0.2) is 6.10 Å². The van der Waals surface area contributed by atoms with Crippen molar-refractivity contribution in [3.63, 3.8) is 0 Å². The van der Waals surface area contributed by atoms with Gasteiger partial charge in [0.1, 0.15) is 6.61 Å². The molecule has 9 heteroatoms. The van der Waals surface area contributed by atoms with E-state index < -0.39 is 26.5 Å². The highest BCUT2D eigenvalue weighted by Gasteiger charge is 2.25. The first-order valence-corrected chi connectivity index (χ1v) is 26.3. The summed E-state index contributed by atoms with van der Waals surface area (Å²) in [6.07, 6.45) is 53.4. The second kappa shape index (κ2) is 45.8. The third-order valence-corrected chi connectivity index (χ3v) is 11.7. The number of carbonyl (C=O) groups is 2. The SMILES string of the molecule is CCCCCC/C=C\C/C=C\CCCCCCCCCC(=O)OC(COC(=O)CCCCCCCCCCC/C=C\CCCCCCCCCC)COP(=O)(O)OCC. The van der Waals surface area contributed by atoms with Crippen molar-refractivity contribution in [3.8, 4) is 0 Å². The molecule has 0 aliphatic heterocycles. The van der Waals surface area contributed by atoms with Gasteiger partial charge in [-0.2, -0.15) is 0 Å². The van der Waals surface area contributed by atoms with Gasteiger partial charge in [-0.15, -0.1) is 0 Å². The highest BCUT2D eigenvalue weighted by atomic mass is 31.2. The number of hydrogen-bond acceptors (Lipinski definition) is 7. The Bertz CT molecular complexity index is 1060. The Morgan fingerprint density at radius 3 is 1.24 bits per heavy atom. The zero-order chi connectivity index (χ0) is 43.2. The second-order valence-electron chi connectivity index (χ2n) is 16.5. The summed E-state index contributed by atoms with van der Waals surface area (Å²) in [5, 5.41) is 0. The first-order valence-electron chi connectivity index (χ1n) is 24.8. The number of rotatable bonds is 46. The molecule has 0 bridgehead atoms. The average molecular weight is 853 g/mol. The zero-order valence-corrected chi connectivity index (χ0v) is 39.6. The normalized spacial score (nSPS) is 13.5. The lowest BCUT2D eigenvalue weighted by atomic mass is 10.1. The van der Waals surface area contributed by atoms with E-state index in [9.17, 15) is 19.0 Å². The number of hydrogen-bond donors (Lipinski definition) is 1. The van der Waals surface area contributed by atoms with Gasteiger partial charge in [0, 0.05) is 12.8 Å². The Morgan fingerprint density at radius 2 is 0.814 bits per heavy atom. The van der Waals surface area contributed by atoms with Gasteiger partial charge in [-0.1, -0.05) is 192 Å². The molecule has 0 fully saturated rings. The molecule has 0 aliphatic carbocycles. The van der Waals surface area contributed by atoms with Crippen molar-refractivity contribution >= 4 is 19.8 Å². The number of esters is 2. The van der Waals surface area contributed by atoms with Crippen molar-refractivity contribution in [2.24, 2.45) is 0 Å². The molecule has 0 aromatic carbocycles. The Hall–Kier alpha value is -1.73. The minimum atomic E-state index is -4.29. The molecule has 0 rings (SSSR count). The molecule has 0 saturated carbocycles. The highest BCUT2D eigenvalue weighted by Crippen LogP contribution is 2.43. The molecule has 0 spiro atoms. The molecule has 0 heterocycles. The molecular weight excluding hydrogens is 760 g/mol. The summed E-state index contributed by atoms with van der Waals surface area (Å²) in [7, 11) is -4.29. The van der Waals surface area contributed by atoms with Crippen LogP contribution in [0.3, 0.4) is 0 Å². The third kappa shape index (κ3) is 45.6. The number of ether oxygens (including phenoxy) is 2. The number of phosphoric ester groups is 1. The smallest absolute Gasteiger partial charge is 0.462 e. The summed E-state index contributed by atoms with van der Waals surface area (Å²) < 4.78 is 32.8.